The van der Waals surface area contributed by atoms with E-state index < -0.39 is 0 Å². The first-order chi connectivity index (χ1) is 8.79. The van der Waals surface area contributed by atoms with Gasteiger partial charge in [-0.2, -0.15) is 5.10 Å². The number of nitrogens with zero attached hydrogens (tertiary/aromatic N) is 2. The number of hydrogen-bond acceptors (Lipinski definition) is 4. The molecule has 0 fully saturated rings. The van der Waals surface area contributed by atoms with E-state index in [2.05, 4.69) is 20.5 Å². The van der Waals surface area contributed by atoms with Crippen LogP contribution in [0.2, 0.25) is 0 Å². The van der Waals surface area contributed by atoms with Gasteiger partial charge in [-0.05, 0) is 17.7 Å². The number of benzene rings is 1. The van der Waals surface area contributed by atoms with Gasteiger partial charge >= 0.3 is 0 Å². The minimum Gasteiger partial charge on any atom is -0.494 e. The molecule has 0 bridgehead atoms. The zero-order chi connectivity index (χ0) is 12.8. The first kappa shape index (κ1) is 12.5. The molecule has 0 radical (unpaired) electrons. The van der Waals surface area contributed by atoms with Crippen molar-refractivity contribution in [3.8, 4) is 5.75 Å². The molecule has 1 heterocycles. The summed E-state index contributed by atoms with van der Waals surface area (Å²) in [5, 5.41) is 9.75. The van der Waals surface area contributed by atoms with Gasteiger partial charge in [0, 0.05) is 19.5 Å². The third kappa shape index (κ3) is 3.27. The Labute approximate surface area is 104 Å². The van der Waals surface area contributed by atoms with E-state index in [1.807, 2.05) is 6.07 Å². The number of ether oxygens (including phenoxy) is 1. The molecule has 2 N–H and O–H groups in total. The predicted molar refractivity (Wildman–Crippen MR) is 64.7 cm³/mol. The first-order valence-corrected chi connectivity index (χ1v) is 5.67. The number of methoxy groups -OCH3 is 1. The highest BCUT2D eigenvalue weighted by atomic mass is 19.1. The van der Waals surface area contributed by atoms with Crippen molar-refractivity contribution in [1.29, 1.82) is 0 Å². The minimum absolute atomic E-state index is 0.264. The Hall–Kier alpha value is -1.95. The van der Waals surface area contributed by atoms with Gasteiger partial charge in [0.1, 0.15) is 12.2 Å². The van der Waals surface area contributed by atoms with Gasteiger partial charge in [-0.15, -0.1) is 0 Å². The maximum absolute atomic E-state index is 13.4. The second-order valence-corrected chi connectivity index (χ2v) is 3.83. The number of nitrogens with one attached hydrogen (secondary N) is 2. The van der Waals surface area contributed by atoms with Crippen molar-refractivity contribution in [3.63, 3.8) is 0 Å². The molecule has 18 heavy (non-hydrogen) atoms. The number of H-pyrrole nitrogens is 1. The van der Waals surface area contributed by atoms with Gasteiger partial charge in [-0.1, -0.05) is 6.07 Å². The van der Waals surface area contributed by atoms with E-state index in [1.54, 1.807) is 6.07 Å². The molecule has 0 unspecified atom stereocenters. The summed E-state index contributed by atoms with van der Waals surface area (Å²) in [5.41, 5.74) is 0.880. The molecule has 0 amide bonds. The molecule has 96 valence electrons. The maximum Gasteiger partial charge on any atom is 0.165 e. The summed E-state index contributed by atoms with van der Waals surface area (Å²) >= 11 is 0. The molecule has 1 aromatic heterocycles. The van der Waals surface area contributed by atoms with Crippen LogP contribution in [-0.4, -0.2) is 28.8 Å². The lowest BCUT2D eigenvalue weighted by atomic mass is 10.2. The van der Waals surface area contributed by atoms with Gasteiger partial charge in [0.05, 0.1) is 7.11 Å². The van der Waals surface area contributed by atoms with Crippen LogP contribution in [0.25, 0.3) is 0 Å². The quantitative estimate of drug-likeness (QED) is 0.758. The topological polar surface area (TPSA) is 62.8 Å². The molecule has 0 atom stereocenters. The molecule has 2 aromatic rings. The van der Waals surface area contributed by atoms with Crippen LogP contribution in [0.1, 0.15) is 11.4 Å². The average Bonchev–Trinajstić information content (AvgIpc) is 2.88. The molecule has 0 aliphatic rings. The number of aromatic amines is 1. The fourth-order valence-corrected chi connectivity index (χ4v) is 1.61. The second kappa shape index (κ2) is 6.11. The average molecular weight is 250 g/mol. The lowest BCUT2D eigenvalue weighted by Crippen LogP contribution is -2.17. The Morgan fingerprint density at radius 2 is 2.33 bits per heavy atom. The van der Waals surface area contributed by atoms with Crippen LogP contribution in [0.5, 0.6) is 5.75 Å². The highest BCUT2D eigenvalue weighted by molar-refractivity contribution is 5.29. The van der Waals surface area contributed by atoms with Crippen molar-refractivity contribution >= 4 is 0 Å². The Bertz CT molecular complexity index is 487. The summed E-state index contributed by atoms with van der Waals surface area (Å²) in [7, 11) is 1.45. The molecule has 1 aromatic carbocycles. The van der Waals surface area contributed by atoms with E-state index in [1.165, 1.54) is 19.5 Å². The zero-order valence-electron chi connectivity index (χ0n) is 10.1. The molecular formula is C12H15FN4O. The molecule has 0 saturated heterocycles. The summed E-state index contributed by atoms with van der Waals surface area (Å²) in [4.78, 5) is 4.01. The SMILES string of the molecule is COc1ccc(CNCCc2ncn[nH]2)cc1F. The standard InChI is InChI=1S/C12H15FN4O/c1-18-11-3-2-9(6-10(11)13)7-14-5-4-12-15-8-16-17-12/h2-3,6,8,14H,4-5,7H2,1H3,(H,15,16,17). The highest BCUT2D eigenvalue weighted by Gasteiger charge is 2.03. The molecule has 0 aliphatic heterocycles. The van der Waals surface area contributed by atoms with E-state index in [4.69, 9.17) is 4.74 Å². The van der Waals surface area contributed by atoms with Crippen molar-refractivity contribution in [2.24, 2.45) is 0 Å². The fraction of sp³-hybridized carbons (Fsp3) is 0.333. The Balaban J connectivity index is 1.78. The predicted octanol–water partition coefficient (Wildman–Crippen LogP) is 1.28. The summed E-state index contributed by atoms with van der Waals surface area (Å²) in [6, 6.07) is 4.94. The third-order valence-electron chi connectivity index (χ3n) is 2.55. The smallest absolute Gasteiger partial charge is 0.165 e. The third-order valence-corrected chi connectivity index (χ3v) is 2.55. The van der Waals surface area contributed by atoms with E-state index in [0.29, 0.717) is 6.54 Å². The van der Waals surface area contributed by atoms with Crippen molar-refractivity contribution in [3.05, 3.63) is 41.7 Å². The van der Waals surface area contributed by atoms with Crippen molar-refractivity contribution in [2.45, 2.75) is 13.0 Å². The molecule has 6 heteroatoms. The van der Waals surface area contributed by atoms with Crippen LogP contribution in [0, 0.1) is 5.82 Å². The Morgan fingerprint density at radius 3 is 3.00 bits per heavy atom. The van der Waals surface area contributed by atoms with Crippen LogP contribution in [0.15, 0.2) is 24.5 Å². The number of halogens is 1. The Kier molecular flexibility index (Phi) is 4.25. The summed E-state index contributed by atoms with van der Waals surface area (Å²) < 4.78 is 18.3. The largest absolute Gasteiger partial charge is 0.494 e. The van der Waals surface area contributed by atoms with Gasteiger partial charge in [0.25, 0.3) is 0 Å². The molecular weight excluding hydrogens is 235 g/mol. The monoisotopic (exact) mass is 250 g/mol. The highest BCUT2D eigenvalue weighted by Crippen LogP contribution is 2.17. The van der Waals surface area contributed by atoms with E-state index >= 15 is 0 Å². The van der Waals surface area contributed by atoms with Crippen LogP contribution >= 0.6 is 0 Å². The Morgan fingerprint density at radius 1 is 1.44 bits per heavy atom. The summed E-state index contributed by atoms with van der Waals surface area (Å²) in [5.74, 6) is 0.760. The van der Waals surface area contributed by atoms with E-state index in [0.717, 1.165) is 24.4 Å². The van der Waals surface area contributed by atoms with Gasteiger partial charge in [0.2, 0.25) is 0 Å². The van der Waals surface area contributed by atoms with Crippen LogP contribution < -0.4 is 10.1 Å². The molecule has 0 spiro atoms. The van der Waals surface area contributed by atoms with E-state index in [9.17, 15) is 4.39 Å². The molecule has 5 nitrogen and oxygen atoms in total. The van der Waals surface area contributed by atoms with Gasteiger partial charge < -0.3 is 10.1 Å². The van der Waals surface area contributed by atoms with Crippen molar-refractivity contribution in [2.75, 3.05) is 13.7 Å². The number of hydrogen-bond donors (Lipinski definition) is 2. The normalized spacial score (nSPS) is 10.6. The summed E-state index contributed by atoms with van der Waals surface area (Å²) in [6.07, 6.45) is 2.24. The number of aromatic nitrogens is 3. The lowest BCUT2D eigenvalue weighted by molar-refractivity contribution is 0.386. The molecule has 0 saturated carbocycles. The van der Waals surface area contributed by atoms with Gasteiger partial charge in [-0.25, -0.2) is 9.37 Å². The summed E-state index contributed by atoms with van der Waals surface area (Å²) in [6.45, 7) is 1.36. The number of rotatable bonds is 6. The second-order valence-electron chi connectivity index (χ2n) is 3.83. The molecule has 0 aliphatic carbocycles. The fourth-order valence-electron chi connectivity index (χ4n) is 1.61. The minimum atomic E-state index is -0.341. The zero-order valence-corrected chi connectivity index (χ0v) is 10.1. The van der Waals surface area contributed by atoms with E-state index in [-0.39, 0.29) is 11.6 Å². The maximum atomic E-state index is 13.4. The first-order valence-electron chi connectivity index (χ1n) is 5.67. The van der Waals surface area contributed by atoms with Crippen LogP contribution in [0.4, 0.5) is 4.39 Å². The van der Waals surface area contributed by atoms with Crippen molar-refractivity contribution in [1.82, 2.24) is 20.5 Å². The van der Waals surface area contributed by atoms with Crippen LogP contribution in [-0.2, 0) is 13.0 Å². The molecule has 2 rings (SSSR count). The van der Waals surface area contributed by atoms with Crippen molar-refractivity contribution < 1.29 is 9.13 Å². The van der Waals surface area contributed by atoms with Gasteiger partial charge in [0.15, 0.2) is 11.6 Å². The lowest BCUT2D eigenvalue weighted by Gasteiger charge is -2.06. The van der Waals surface area contributed by atoms with Crippen LogP contribution in [0.3, 0.4) is 0 Å². The van der Waals surface area contributed by atoms with Gasteiger partial charge in [-0.3, -0.25) is 5.10 Å².